The molecule has 0 aromatic carbocycles. The first-order valence-corrected chi connectivity index (χ1v) is 13.2. The van der Waals surface area contributed by atoms with Crippen LogP contribution in [-0.2, 0) is 0 Å². The third kappa shape index (κ3) is 7.65. The number of aliphatic hydroxyl groups is 2. The van der Waals surface area contributed by atoms with Crippen molar-refractivity contribution in [1.82, 2.24) is 0 Å². The third-order valence-electron chi connectivity index (χ3n) is 7.00. The second-order valence-corrected chi connectivity index (χ2v) is 12.5. The van der Waals surface area contributed by atoms with Crippen LogP contribution in [0.2, 0.25) is 0 Å². The van der Waals surface area contributed by atoms with Gasteiger partial charge in [-0.05, 0) is 47.0 Å². The van der Waals surface area contributed by atoms with Gasteiger partial charge in [0.2, 0.25) is 0 Å². The Kier molecular flexibility index (Phi) is 9.31. The van der Waals surface area contributed by atoms with E-state index in [1.165, 1.54) is 61.4 Å². The summed E-state index contributed by atoms with van der Waals surface area (Å²) in [5.74, 6) is 0. The molecule has 0 unspecified atom stereocenters. The van der Waals surface area contributed by atoms with Crippen molar-refractivity contribution in [1.29, 1.82) is 0 Å². The molecule has 0 aromatic heterocycles. The molecule has 2 nitrogen and oxygen atoms in total. The molecule has 0 saturated heterocycles. The van der Waals surface area contributed by atoms with Crippen molar-refractivity contribution in [3.63, 3.8) is 0 Å². The summed E-state index contributed by atoms with van der Waals surface area (Å²) in [6.07, 6.45) is 23.2. The normalized spacial score (nSPS) is 26.7. The number of unbranched alkanes of at least 4 members (excludes halogenated alkanes) is 4. The summed E-state index contributed by atoms with van der Waals surface area (Å²) in [6, 6.07) is 0. The topological polar surface area (TPSA) is 40.5 Å². The maximum Gasteiger partial charge on any atom is 0.135 e. The highest BCUT2D eigenvalue weighted by Crippen LogP contribution is 2.47. The van der Waals surface area contributed by atoms with Crippen molar-refractivity contribution >= 4 is 11.8 Å². The molecular weight excluding hydrogens is 400 g/mol. The molecular formula is C28H46O2S. The molecule has 3 heteroatoms. The minimum absolute atomic E-state index is 0.125. The van der Waals surface area contributed by atoms with E-state index in [0.29, 0.717) is 12.8 Å². The van der Waals surface area contributed by atoms with Crippen LogP contribution in [0.5, 0.6) is 0 Å². The fourth-order valence-electron chi connectivity index (χ4n) is 4.61. The quantitative estimate of drug-likeness (QED) is 0.235. The van der Waals surface area contributed by atoms with E-state index in [9.17, 15) is 10.2 Å². The summed E-state index contributed by atoms with van der Waals surface area (Å²) in [4.78, 5) is -2.13. The molecule has 2 aliphatic carbocycles. The molecule has 0 amide bonds. The Morgan fingerprint density at radius 2 is 1.13 bits per heavy atom. The van der Waals surface area contributed by atoms with Crippen molar-refractivity contribution < 1.29 is 10.2 Å². The molecule has 0 saturated carbocycles. The predicted octanol–water partition coefficient (Wildman–Crippen LogP) is 8.08. The van der Waals surface area contributed by atoms with E-state index in [0.717, 1.165) is 12.8 Å². The first-order chi connectivity index (χ1) is 14.5. The molecule has 31 heavy (non-hydrogen) atoms. The molecule has 2 atom stereocenters. The van der Waals surface area contributed by atoms with E-state index >= 15 is 0 Å². The van der Waals surface area contributed by atoms with Gasteiger partial charge < -0.3 is 10.2 Å². The van der Waals surface area contributed by atoms with Gasteiger partial charge in [-0.15, -0.1) is 0 Å². The lowest BCUT2D eigenvalue weighted by atomic mass is 9.77. The SMILES string of the molecule is CCCCCC(C)(C)C1=CC[C@@](O)(S[C@]2(O)C=CC(C(C)(C)CCCCC)=CC2)C=C1. The minimum Gasteiger partial charge on any atom is -0.375 e. The smallest absolute Gasteiger partial charge is 0.135 e. The average molecular weight is 447 g/mol. The summed E-state index contributed by atoms with van der Waals surface area (Å²) in [5, 5.41) is 22.3. The van der Waals surface area contributed by atoms with Gasteiger partial charge in [0, 0.05) is 12.8 Å². The molecule has 0 bridgehead atoms. The van der Waals surface area contributed by atoms with Gasteiger partial charge in [-0.1, -0.05) is 116 Å². The standard InChI is InChI=1S/C28H46O2S/c1-7-9-11-17-25(3,4)23-13-19-27(29,20-14-23)31-28(30)21-15-24(16-22-28)26(5,6)18-12-10-8-2/h13-16,19,21,29-30H,7-12,17-18,20,22H2,1-6H3/t27-,28+. The zero-order chi connectivity index (χ0) is 23.2. The predicted molar refractivity (Wildman–Crippen MR) is 137 cm³/mol. The molecule has 0 fully saturated rings. The Hall–Kier alpha value is -0.770. The molecule has 0 heterocycles. The highest BCUT2D eigenvalue weighted by molar-refractivity contribution is 8.01. The summed E-state index contributed by atoms with van der Waals surface area (Å²) in [7, 11) is 0. The van der Waals surface area contributed by atoms with Crippen LogP contribution in [0, 0.1) is 10.8 Å². The van der Waals surface area contributed by atoms with Gasteiger partial charge in [-0.3, -0.25) is 0 Å². The fourth-order valence-corrected chi connectivity index (χ4v) is 5.83. The number of rotatable bonds is 12. The van der Waals surface area contributed by atoms with Gasteiger partial charge in [-0.25, -0.2) is 0 Å². The van der Waals surface area contributed by atoms with E-state index in [1.54, 1.807) is 0 Å². The van der Waals surface area contributed by atoms with Crippen LogP contribution in [0.25, 0.3) is 0 Å². The molecule has 0 radical (unpaired) electrons. The second-order valence-electron chi connectivity index (χ2n) is 10.9. The largest absolute Gasteiger partial charge is 0.375 e. The highest BCUT2D eigenvalue weighted by Gasteiger charge is 2.39. The molecule has 0 aromatic rings. The average Bonchev–Trinajstić information content (AvgIpc) is 2.68. The highest BCUT2D eigenvalue weighted by atomic mass is 32.2. The first kappa shape index (κ1) is 26.5. The van der Waals surface area contributed by atoms with Gasteiger partial charge in [0.05, 0.1) is 0 Å². The van der Waals surface area contributed by atoms with Gasteiger partial charge in [-0.2, -0.15) is 0 Å². The monoisotopic (exact) mass is 446 g/mol. The molecule has 0 spiro atoms. The number of hydrogen-bond donors (Lipinski definition) is 2. The second kappa shape index (κ2) is 10.9. The summed E-state index contributed by atoms with van der Waals surface area (Å²) < 4.78 is 0. The first-order valence-electron chi connectivity index (χ1n) is 12.4. The number of allylic oxidation sites excluding steroid dienone is 4. The molecule has 176 valence electrons. The number of hydrogen-bond acceptors (Lipinski definition) is 3. The summed E-state index contributed by atoms with van der Waals surface area (Å²) in [5.41, 5.74) is 2.85. The van der Waals surface area contributed by atoms with E-state index in [-0.39, 0.29) is 10.8 Å². The van der Waals surface area contributed by atoms with Gasteiger partial charge in [0.15, 0.2) is 0 Å². The van der Waals surface area contributed by atoms with E-state index in [2.05, 4.69) is 65.8 Å². The van der Waals surface area contributed by atoms with E-state index in [1.807, 2.05) is 12.2 Å². The maximum atomic E-state index is 11.2. The van der Waals surface area contributed by atoms with Crippen molar-refractivity contribution in [3.05, 3.63) is 47.6 Å². The van der Waals surface area contributed by atoms with Crippen LogP contribution in [0.4, 0.5) is 0 Å². The van der Waals surface area contributed by atoms with Gasteiger partial charge in [0.1, 0.15) is 9.87 Å². The van der Waals surface area contributed by atoms with Crippen LogP contribution >= 0.6 is 11.8 Å². The van der Waals surface area contributed by atoms with Crippen molar-refractivity contribution in [2.24, 2.45) is 10.8 Å². The summed E-state index contributed by atoms with van der Waals surface area (Å²) in [6.45, 7) is 13.6. The minimum atomic E-state index is -1.07. The lowest BCUT2D eigenvalue weighted by molar-refractivity contribution is 0.155. The lowest BCUT2D eigenvalue weighted by Crippen LogP contribution is -2.35. The fraction of sp³-hybridized carbons (Fsp3) is 0.714. The maximum absolute atomic E-state index is 11.2. The molecule has 2 N–H and O–H groups in total. The van der Waals surface area contributed by atoms with E-state index < -0.39 is 9.87 Å². The van der Waals surface area contributed by atoms with Crippen LogP contribution in [-0.4, -0.2) is 20.1 Å². The third-order valence-corrected chi connectivity index (χ3v) is 8.32. The van der Waals surface area contributed by atoms with Crippen molar-refractivity contribution in [3.8, 4) is 0 Å². The lowest BCUT2D eigenvalue weighted by Gasteiger charge is -2.38. The zero-order valence-corrected chi connectivity index (χ0v) is 21.7. The molecule has 2 aliphatic rings. The Morgan fingerprint density at radius 3 is 1.42 bits per heavy atom. The Bertz CT molecular complexity index is 653. The van der Waals surface area contributed by atoms with Crippen LogP contribution < -0.4 is 0 Å². The van der Waals surface area contributed by atoms with Gasteiger partial charge in [0.25, 0.3) is 0 Å². The Morgan fingerprint density at radius 1 is 0.742 bits per heavy atom. The number of thioether (sulfide) groups is 1. The zero-order valence-electron chi connectivity index (χ0n) is 20.8. The van der Waals surface area contributed by atoms with E-state index in [4.69, 9.17) is 0 Å². The summed E-state index contributed by atoms with van der Waals surface area (Å²) >= 11 is 1.26. The van der Waals surface area contributed by atoms with Crippen LogP contribution in [0.15, 0.2) is 47.6 Å². The molecule has 0 aliphatic heterocycles. The van der Waals surface area contributed by atoms with Crippen LogP contribution in [0.3, 0.4) is 0 Å². The van der Waals surface area contributed by atoms with Crippen molar-refractivity contribution in [2.75, 3.05) is 0 Å². The van der Waals surface area contributed by atoms with Crippen molar-refractivity contribution in [2.45, 2.75) is 116 Å². The van der Waals surface area contributed by atoms with Crippen LogP contribution in [0.1, 0.15) is 106 Å². The molecule has 2 rings (SSSR count). The Labute approximate surface area is 196 Å². The Balaban J connectivity index is 1.97. The van der Waals surface area contributed by atoms with Gasteiger partial charge >= 0.3 is 0 Å².